The molecule has 22 heavy (non-hydrogen) atoms. The summed E-state index contributed by atoms with van der Waals surface area (Å²) in [5.41, 5.74) is 0. The zero-order chi connectivity index (χ0) is 15.2. The number of aliphatic hydroxyl groups is 1. The third-order valence-electron chi connectivity index (χ3n) is 3.53. The van der Waals surface area contributed by atoms with Crippen LogP contribution in [0.5, 0.6) is 5.75 Å². The molecule has 0 bridgehead atoms. The Balaban J connectivity index is 1.48. The van der Waals surface area contributed by atoms with Crippen LogP contribution in [0.4, 0.5) is 11.8 Å². The largest absolute Gasteiger partial charge is 0.492 e. The van der Waals surface area contributed by atoms with Crippen LogP contribution in [0, 0.1) is 0 Å². The summed E-state index contributed by atoms with van der Waals surface area (Å²) in [4.78, 5) is 10.7. The number of anilines is 2. The van der Waals surface area contributed by atoms with Gasteiger partial charge in [-0.25, -0.2) is 4.98 Å². The second kappa shape index (κ2) is 7.09. The standard InChI is InChI=1S/C16H20N4O2/c21-13-7-10-20(12-13)15-6-8-17-16(19-15)18-9-11-22-14-4-2-1-3-5-14/h1-6,8,13,21H,7,9-12H2,(H,17,18,19). The van der Waals surface area contributed by atoms with E-state index in [9.17, 15) is 5.11 Å². The topological polar surface area (TPSA) is 70.5 Å². The molecule has 6 nitrogen and oxygen atoms in total. The number of rotatable bonds is 6. The highest BCUT2D eigenvalue weighted by Crippen LogP contribution is 2.18. The van der Waals surface area contributed by atoms with Gasteiger partial charge < -0.3 is 20.1 Å². The van der Waals surface area contributed by atoms with Crippen LogP contribution in [0.25, 0.3) is 0 Å². The van der Waals surface area contributed by atoms with E-state index in [2.05, 4.69) is 20.2 Å². The maximum absolute atomic E-state index is 9.59. The van der Waals surface area contributed by atoms with Crippen molar-refractivity contribution in [1.82, 2.24) is 9.97 Å². The van der Waals surface area contributed by atoms with Gasteiger partial charge in [0, 0.05) is 19.3 Å². The highest BCUT2D eigenvalue weighted by atomic mass is 16.5. The van der Waals surface area contributed by atoms with Gasteiger partial charge in [-0.15, -0.1) is 0 Å². The molecule has 2 aromatic rings. The summed E-state index contributed by atoms with van der Waals surface area (Å²) in [6.45, 7) is 2.63. The van der Waals surface area contributed by atoms with Crippen LogP contribution < -0.4 is 15.0 Å². The molecular formula is C16H20N4O2. The van der Waals surface area contributed by atoms with E-state index in [4.69, 9.17) is 4.74 Å². The monoisotopic (exact) mass is 300 g/mol. The molecule has 1 aliphatic rings. The van der Waals surface area contributed by atoms with Gasteiger partial charge in [-0.05, 0) is 24.6 Å². The minimum atomic E-state index is -0.259. The van der Waals surface area contributed by atoms with E-state index in [0.29, 0.717) is 25.6 Å². The van der Waals surface area contributed by atoms with E-state index in [1.165, 1.54) is 0 Å². The third kappa shape index (κ3) is 3.85. The average Bonchev–Trinajstić information content (AvgIpc) is 3.00. The van der Waals surface area contributed by atoms with Crippen LogP contribution in [0.1, 0.15) is 6.42 Å². The predicted molar refractivity (Wildman–Crippen MR) is 85.3 cm³/mol. The molecule has 2 N–H and O–H groups in total. The van der Waals surface area contributed by atoms with Crippen LogP contribution in [-0.2, 0) is 0 Å². The fourth-order valence-corrected chi connectivity index (χ4v) is 2.41. The van der Waals surface area contributed by atoms with Crippen LogP contribution in [0.3, 0.4) is 0 Å². The number of nitrogens with one attached hydrogen (secondary N) is 1. The minimum Gasteiger partial charge on any atom is -0.492 e. The van der Waals surface area contributed by atoms with Crippen molar-refractivity contribution >= 4 is 11.8 Å². The smallest absolute Gasteiger partial charge is 0.224 e. The molecule has 0 spiro atoms. The van der Waals surface area contributed by atoms with Gasteiger partial charge >= 0.3 is 0 Å². The zero-order valence-corrected chi connectivity index (χ0v) is 12.4. The number of nitrogens with zero attached hydrogens (tertiary/aromatic N) is 3. The number of β-amino-alcohol motifs (C(OH)–C–C–N with tert-alkyl or cyclic N) is 1. The van der Waals surface area contributed by atoms with Gasteiger partial charge in [0.25, 0.3) is 0 Å². The molecule has 1 aromatic carbocycles. The lowest BCUT2D eigenvalue weighted by Gasteiger charge is -2.17. The van der Waals surface area contributed by atoms with Gasteiger partial charge in [0.15, 0.2) is 0 Å². The number of hydrogen-bond acceptors (Lipinski definition) is 6. The number of aromatic nitrogens is 2. The minimum absolute atomic E-state index is 0.259. The molecular weight excluding hydrogens is 280 g/mol. The fourth-order valence-electron chi connectivity index (χ4n) is 2.41. The number of benzene rings is 1. The van der Waals surface area contributed by atoms with Gasteiger partial charge in [-0.3, -0.25) is 0 Å². The van der Waals surface area contributed by atoms with Crippen molar-refractivity contribution in [2.45, 2.75) is 12.5 Å². The summed E-state index contributed by atoms with van der Waals surface area (Å²) >= 11 is 0. The second-order valence-electron chi connectivity index (χ2n) is 5.22. The van der Waals surface area contributed by atoms with Crippen molar-refractivity contribution in [3.8, 4) is 5.75 Å². The first kappa shape index (κ1) is 14.6. The molecule has 1 saturated heterocycles. The van der Waals surface area contributed by atoms with Crippen LogP contribution in [0.2, 0.25) is 0 Å². The van der Waals surface area contributed by atoms with Crippen LogP contribution >= 0.6 is 0 Å². The number of ether oxygens (including phenoxy) is 1. The molecule has 116 valence electrons. The SMILES string of the molecule is OC1CCN(c2ccnc(NCCOc3ccccc3)n2)C1. The Bertz CT molecular complexity index is 594. The van der Waals surface area contributed by atoms with Crippen molar-refractivity contribution in [3.05, 3.63) is 42.6 Å². The van der Waals surface area contributed by atoms with Gasteiger partial charge in [-0.2, -0.15) is 4.98 Å². The molecule has 0 amide bonds. The first-order chi connectivity index (χ1) is 10.8. The number of hydrogen-bond donors (Lipinski definition) is 2. The maximum atomic E-state index is 9.59. The normalized spacial score (nSPS) is 17.5. The third-order valence-corrected chi connectivity index (χ3v) is 3.53. The first-order valence-corrected chi connectivity index (χ1v) is 7.49. The van der Waals surface area contributed by atoms with Gasteiger partial charge in [0.05, 0.1) is 12.6 Å². The van der Waals surface area contributed by atoms with E-state index >= 15 is 0 Å². The Kier molecular flexibility index (Phi) is 4.70. The summed E-state index contributed by atoms with van der Waals surface area (Å²) < 4.78 is 5.61. The first-order valence-electron chi connectivity index (χ1n) is 7.49. The molecule has 0 aliphatic carbocycles. The van der Waals surface area contributed by atoms with E-state index in [1.807, 2.05) is 36.4 Å². The van der Waals surface area contributed by atoms with Crippen molar-refractivity contribution < 1.29 is 9.84 Å². The highest BCUT2D eigenvalue weighted by molar-refractivity contribution is 5.43. The van der Waals surface area contributed by atoms with E-state index in [-0.39, 0.29) is 6.10 Å². The van der Waals surface area contributed by atoms with Gasteiger partial charge in [-0.1, -0.05) is 18.2 Å². The lowest BCUT2D eigenvalue weighted by atomic mass is 10.3. The molecule has 0 radical (unpaired) electrons. The quantitative estimate of drug-likeness (QED) is 0.789. The average molecular weight is 300 g/mol. The van der Waals surface area contributed by atoms with E-state index in [0.717, 1.165) is 24.5 Å². The van der Waals surface area contributed by atoms with Gasteiger partial charge in [0.2, 0.25) is 5.95 Å². The van der Waals surface area contributed by atoms with E-state index < -0.39 is 0 Å². The van der Waals surface area contributed by atoms with Gasteiger partial charge in [0.1, 0.15) is 18.2 Å². The maximum Gasteiger partial charge on any atom is 0.224 e. The Morgan fingerprint density at radius 2 is 2.14 bits per heavy atom. The highest BCUT2D eigenvalue weighted by Gasteiger charge is 2.21. The lowest BCUT2D eigenvalue weighted by molar-refractivity contribution is 0.198. The molecule has 0 saturated carbocycles. The summed E-state index contributed by atoms with van der Waals surface area (Å²) in [7, 11) is 0. The summed E-state index contributed by atoms with van der Waals surface area (Å²) in [6.07, 6.45) is 2.26. The molecule has 1 atom stereocenters. The van der Waals surface area contributed by atoms with Crippen molar-refractivity contribution in [2.24, 2.45) is 0 Å². The molecule has 3 rings (SSSR count). The van der Waals surface area contributed by atoms with Crippen molar-refractivity contribution in [2.75, 3.05) is 36.5 Å². The summed E-state index contributed by atoms with van der Waals surface area (Å²) in [5.74, 6) is 2.28. The summed E-state index contributed by atoms with van der Waals surface area (Å²) in [5, 5.41) is 12.7. The molecule has 1 aliphatic heterocycles. The van der Waals surface area contributed by atoms with Crippen LogP contribution in [0.15, 0.2) is 42.6 Å². The second-order valence-corrected chi connectivity index (χ2v) is 5.22. The molecule has 6 heteroatoms. The Morgan fingerprint density at radius 3 is 2.91 bits per heavy atom. The molecule has 2 heterocycles. The Morgan fingerprint density at radius 1 is 1.27 bits per heavy atom. The fraction of sp³-hybridized carbons (Fsp3) is 0.375. The van der Waals surface area contributed by atoms with E-state index in [1.54, 1.807) is 6.20 Å². The zero-order valence-electron chi connectivity index (χ0n) is 12.4. The number of aliphatic hydroxyl groups excluding tert-OH is 1. The molecule has 1 unspecified atom stereocenters. The van der Waals surface area contributed by atoms with Crippen molar-refractivity contribution in [3.63, 3.8) is 0 Å². The molecule has 1 aromatic heterocycles. The predicted octanol–water partition coefficient (Wildman–Crippen LogP) is 1.54. The Labute approximate surface area is 129 Å². The van der Waals surface area contributed by atoms with Crippen LogP contribution in [-0.4, -0.2) is 47.4 Å². The lowest BCUT2D eigenvalue weighted by Crippen LogP contribution is -2.23. The Hall–Kier alpha value is -2.34. The number of para-hydroxylation sites is 1. The summed E-state index contributed by atoms with van der Waals surface area (Å²) in [6, 6.07) is 11.6. The molecule has 1 fully saturated rings. The van der Waals surface area contributed by atoms with Crippen molar-refractivity contribution in [1.29, 1.82) is 0 Å².